The molecule has 8 heteroatoms. The third-order valence-electron chi connectivity index (χ3n) is 2.06. The minimum Gasteiger partial charge on any atom is -0.478 e. The fraction of sp³-hybridized carbons (Fsp3) is 0.500. The summed E-state index contributed by atoms with van der Waals surface area (Å²) in [7, 11) is -3.35. The van der Waals surface area contributed by atoms with E-state index < -0.39 is 21.2 Å². The van der Waals surface area contributed by atoms with Gasteiger partial charge in [0, 0.05) is 12.5 Å². The summed E-state index contributed by atoms with van der Waals surface area (Å²) < 4.78 is 23.9. The van der Waals surface area contributed by atoms with Gasteiger partial charge in [-0.3, -0.25) is 4.68 Å². The van der Waals surface area contributed by atoms with Crippen molar-refractivity contribution < 1.29 is 18.3 Å². The number of sulfone groups is 1. The fourth-order valence-corrected chi connectivity index (χ4v) is 2.67. The van der Waals surface area contributed by atoms with Crippen LogP contribution in [0.1, 0.15) is 29.1 Å². The standard InChI is InChI=1S/C8H11ClN2O4S/c1-3-6(16(2,14)15)11-4-5(8(12)13)7(9)10-11/h4,6H,3H2,1-2H3,(H,12,13). The van der Waals surface area contributed by atoms with Crippen LogP contribution in [-0.4, -0.2) is 35.5 Å². The van der Waals surface area contributed by atoms with E-state index in [1.807, 2.05) is 0 Å². The van der Waals surface area contributed by atoms with E-state index in [9.17, 15) is 13.2 Å². The molecule has 0 aliphatic heterocycles. The van der Waals surface area contributed by atoms with Crippen LogP contribution in [0.4, 0.5) is 0 Å². The second kappa shape index (κ2) is 4.42. The normalized spacial score (nSPS) is 13.7. The molecule has 1 heterocycles. The summed E-state index contributed by atoms with van der Waals surface area (Å²) in [5.74, 6) is -1.24. The van der Waals surface area contributed by atoms with E-state index in [1.54, 1.807) is 6.92 Å². The molecule has 0 amide bonds. The second-order valence-electron chi connectivity index (χ2n) is 3.31. The third-order valence-corrected chi connectivity index (χ3v) is 3.87. The van der Waals surface area contributed by atoms with Gasteiger partial charge in [-0.05, 0) is 6.42 Å². The first-order valence-electron chi connectivity index (χ1n) is 4.44. The van der Waals surface area contributed by atoms with E-state index in [0.29, 0.717) is 0 Å². The van der Waals surface area contributed by atoms with Crippen molar-refractivity contribution >= 4 is 27.4 Å². The average molecular weight is 267 g/mol. The monoisotopic (exact) mass is 266 g/mol. The lowest BCUT2D eigenvalue weighted by molar-refractivity contribution is 0.0697. The van der Waals surface area contributed by atoms with E-state index in [-0.39, 0.29) is 17.1 Å². The van der Waals surface area contributed by atoms with Gasteiger partial charge < -0.3 is 5.11 Å². The summed E-state index contributed by atoms with van der Waals surface area (Å²) in [4.78, 5) is 10.7. The van der Waals surface area contributed by atoms with Crippen LogP contribution in [0.2, 0.25) is 5.15 Å². The number of aromatic carboxylic acids is 1. The highest BCUT2D eigenvalue weighted by Crippen LogP contribution is 2.21. The van der Waals surface area contributed by atoms with Gasteiger partial charge in [-0.2, -0.15) is 5.10 Å². The maximum atomic E-state index is 11.4. The van der Waals surface area contributed by atoms with Crippen molar-refractivity contribution in [3.8, 4) is 0 Å². The van der Waals surface area contributed by atoms with Crippen LogP contribution >= 0.6 is 11.6 Å². The molecule has 1 aromatic heterocycles. The van der Waals surface area contributed by atoms with Gasteiger partial charge in [-0.25, -0.2) is 13.2 Å². The van der Waals surface area contributed by atoms with E-state index in [0.717, 1.165) is 17.1 Å². The maximum absolute atomic E-state index is 11.4. The highest BCUT2D eigenvalue weighted by atomic mass is 35.5. The summed E-state index contributed by atoms with van der Waals surface area (Å²) in [5.41, 5.74) is -0.205. The van der Waals surface area contributed by atoms with Crippen molar-refractivity contribution in [2.75, 3.05) is 6.26 Å². The Balaban J connectivity index is 3.24. The van der Waals surface area contributed by atoms with Gasteiger partial charge >= 0.3 is 5.97 Å². The fourth-order valence-electron chi connectivity index (χ4n) is 1.35. The summed E-state index contributed by atoms with van der Waals surface area (Å²) in [6.45, 7) is 1.67. The van der Waals surface area contributed by atoms with Crippen molar-refractivity contribution in [1.82, 2.24) is 9.78 Å². The molecule has 0 radical (unpaired) electrons. The smallest absolute Gasteiger partial charge is 0.340 e. The van der Waals surface area contributed by atoms with Crippen molar-refractivity contribution in [3.63, 3.8) is 0 Å². The number of carboxylic acid groups (broad SMARTS) is 1. The Morgan fingerprint density at radius 3 is 2.56 bits per heavy atom. The van der Waals surface area contributed by atoms with E-state index in [4.69, 9.17) is 16.7 Å². The topological polar surface area (TPSA) is 89.3 Å². The van der Waals surface area contributed by atoms with Crippen LogP contribution in [0.15, 0.2) is 6.20 Å². The Labute approximate surface area is 97.7 Å². The summed E-state index contributed by atoms with van der Waals surface area (Å²) in [5, 5.41) is 11.3. The SMILES string of the molecule is CCC(n1cc(C(=O)O)c(Cl)n1)S(C)(=O)=O. The molecular formula is C8H11ClN2O4S. The largest absolute Gasteiger partial charge is 0.478 e. The number of rotatable bonds is 4. The minimum atomic E-state index is -3.35. The number of nitrogens with zero attached hydrogens (tertiary/aromatic N) is 2. The molecule has 1 aromatic rings. The molecule has 0 saturated heterocycles. The quantitative estimate of drug-likeness (QED) is 0.884. The Morgan fingerprint density at radius 2 is 2.25 bits per heavy atom. The van der Waals surface area contributed by atoms with Crippen LogP contribution in [0.5, 0.6) is 0 Å². The summed E-state index contributed by atoms with van der Waals surface area (Å²) in [6, 6.07) is 0. The molecular weight excluding hydrogens is 256 g/mol. The van der Waals surface area contributed by atoms with Gasteiger partial charge in [0.05, 0.1) is 0 Å². The molecule has 0 saturated carbocycles. The third kappa shape index (κ3) is 2.53. The molecule has 0 fully saturated rings. The molecule has 1 unspecified atom stereocenters. The number of aromatic nitrogens is 2. The Bertz CT molecular complexity index is 508. The lowest BCUT2D eigenvalue weighted by atomic mass is 10.4. The Hall–Kier alpha value is -1.08. The number of carboxylic acids is 1. The van der Waals surface area contributed by atoms with Crippen molar-refractivity contribution in [1.29, 1.82) is 0 Å². The molecule has 0 bridgehead atoms. The molecule has 16 heavy (non-hydrogen) atoms. The zero-order chi connectivity index (χ0) is 12.5. The van der Waals surface area contributed by atoms with Gasteiger partial charge in [0.25, 0.3) is 0 Å². The molecule has 1 rings (SSSR count). The van der Waals surface area contributed by atoms with Crippen LogP contribution in [0, 0.1) is 0 Å². The lowest BCUT2D eigenvalue weighted by Gasteiger charge is -2.12. The molecule has 0 aliphatic rings. The first-order valence-corrected chi connectivity index (χ1v) is 6.77. The van der Waals surface area contributed by atoms with E-state index in [1.165, 1.54) is 0 Å². The van der Waals surface area contributed by atoms with Gasteiger partial charge in [-0.1, -0.05) is 18.5 Å². The van der Waals surface area contributed by atoms with E-state index >= 15 is 0 Å². The molecule has 0 spiro atoms. The van der Waals surface area contributed by atoms with Crippen LogP contribution in [0.3, 0.4) is 0 Å². The van der Waals surface area contributed by atoms with Crippen molar-refractivity contribution in [2.45, 2.75) is 18.7 Å². The van der Waals surface area contributed by atoms with Gasteiger partial charge in [0.15, 0.2) is 20.4 Å². The van der Waals surface area contributed by atoms with Crippen LogP contribution in [0.25, 0.3) is 0 Å². The van der Waals surface area contributed by atoms with Gasteiger partial charge in [-0.15, -0.1) is 0 Å². The second-order valence-corrected chi connectivity index (χ2v) is 5.87. The molecule has 1 atom stereocenters. The zero-order valence-corrected chi connectivity index (χ0v) is 10.3. The number of halogens is 1. The highest BCUT2D eigenvalue weighted by molar-refractivity contribution is 7.90. The van der Waals surface area contributed by atoms with Crippen LogP contribution < -0.4 is 0 Å². The van der Waals surface area contributed by atoms with Crippen molar-refractivity contribution in [3.05, 3.63) is 16.9 Å². The number of hydrogen-bond donors (Lipinski definition) is 1. The zero-order valence-electron chi connectivity index (χ0n) is 8.71. The Kier molecular flexibility index (Phi) is 3.59. The predicted octanol–water partition coefficient (Wildman–Crippen LogP) is 1.19. The first kappa shape index (κ1) is 13.0. The van der Waals surface area contributed by atoms with E-state index in [2.05, 4.69) is 5.10 Å². The molecule has 0 aliphatic carbocycles. The number of hydrogen-bond acceptors (Lipinski definition) is 4. The highest BCUT2D eigenvalue weighted by Gasteiger charge is 2.24. The lowest BCUT2D eigenvalue weighted by Crippen LogP contribution is -2.18. The number of carbonyl (C=O) groups is 1. The molecule has 90 valence electrons. The summed E-state index contributed by atoms with van der Waals surface area (Å²) in [6.07, 6.45) is 2.48. The maximum Gasteiger partial charge on any atom is 0.340 e. The minimum absolute atomic E-state index is 0.205. The van der Waals surface area contributed by atoms with Crippen LogP contribution in [-0.2, 0) is 9.84 Å². The summed E-state index contributed by atoms with van der Waals surface area (Å²) >= 11 is 5.58. The molecule has 6 nitrogen and oxygen atoms in total. The van der Waals surface area contributed by atoms with Crippen molar-refractivity contribution in [2.24, 2.45) is 0 Å². The van der Waals surface area contributed by atoms with Gasteiger partial charge in [0.1, 0.15) is 5.56 Å². The van der Waals surface area contributed by atoms with Gasteiger partial charge in [0.2, 0.25) is 0 Å². The first-order chi connectivity index (χ1) is 7.27. The molecule has 0 aromatic carbocycles. The predicted molar refractivity (Wildman–Crippen MR) is 58.4 cm³/mol. The molecule has 1 N–H and O–H groups in total. The average Bonchev–Trinajstić information content (AvgIpc) is 2.45. The Morgan fingerprint density at radius 1 is 1.69 bits per heavy atom.